The maximum absolute atomic E-state index is 5.75. The topological polar surface area (TPSA) is 47.7 Å². The molecule has 0 amide bonds. The highest BCUT2D eigenvalue weighted by Gasteiger charge is 2.13. The molecular weight excluding hydrogens is 204 g/mol. The summed E-state index contributed by atoms with van der Waals surface area (Å²) in [5.74, 6) is 0. The van der Waals surface area contributed by atoms with Gasteiger partial charge >= 0.3 is 0 Å². The summed E-state index contributed by atoms with van der Waals surface area (Å²) in [6.45, 7) is 7.80. The van der Waals surface area contributed by atoms with Crippen LogP contribution in [-0.4, -0.2) is 57.5 Å². The summed E-state index contributed by atoms with van der Waals surface area (Å²) in [4.78, 5) is 2.40. The standard InChI is InChI=1S/C12H28N2O2/c1-11(13)6-5-7-14(8-9-15-3)12(2)10-16-4/h11-12H,5-10,13H2,1-4H3. The lowest BCUT2D eigenvalue weighted by atomic mass is 10.1. The Bertz CT molecular complexity index is 154. The van der Waals surface area contributed by atoms with Crippen LogP contribution in [0.5, 0.6) is 0 Å². The Kier molecular flexibility index (Phi) is 9.92. The van der Waals surface area contributed by atoms with Gasteiger partial charge in [0.2, 0.25) is 0 Å². The molecule has 4 nitrogen and oxygen atoms in total. The van der Waals surface area contributed by atoms with E-state index < -0.39 is 0 Å². The Morgan fingerprint density at radius 1 is 1.12 bits per heavy atom. The van der Waals surface area contributed by atoms with Gasteiger partial charge in [-0.15, -0.1) is 0 Å². The van der Waals surface area contributed by atoms with Crippen molar-refractivity contribution >= 4 is 0 Å². The third kappa shape index (κ3) is 8.05. The highest BCUT2D eigenvalue weighted by molar-refractivity contribution is 4.67. The lowest BCUT2D eigenvalue weighted by Crippen LogP contribution is -2.39. The van der Waals surface area contributed by atoms with E-state index in [1.54, 1.807) is 14.2 Å². The summed E-state index contributed by atoms with van der Waals surface area (Å²) in [5, 5.41) is 0. The predicted octanol–water partition coefficient (Wildman–Crippen LogP) is 1.10. The minimum atomic E-state index is 0.294. The molecule has 0 saturated carbocycles. The first kappa shape index (κ1) is 15.8. The van der Waals surface area contributed by atoms with E-state index in [4.69, 9.17) is 15.2 Å². The number of hydrogen-bond donors (Lipinski definition) is 1. The Morgan fingerprint density at radius 3 is 2.31 bits per heavy atom. The van der Waals surface area contributed by atoms with Crippen LogP contribution >= 0.6 is 0 Å². The van der Waals surface area contributed by atoms with E-state index in [9.17, 15) is 0 Å². The molecule has 0 aromatic heterocycles. The number of hydrogen-bond acceptors (Lipinski definition) is 4. The second kappa shape index (κ2) is 10.0. The summed E-state index contributed by atoms with van der Waals surface area (Å²) >= 11 is 0. The van der Waals surface area contributed by atoms with Crippen LogP contribution in [0.1, 0.15) is 26.7 Å². The summed E-state index contributed by atoms with van der Waals surface area (Å²) in [6, 6.07) is 0.732. The molecule has 16 heavy (non-hydrogen) atoms. The average molecular weight is 232 g/mol. The first-order valence-electron chi connectivity index (χ1n) is 6.09. The molecule has 0 heterocycles. The van der Waals surface area contributed by atoms with Crippen molar-refractivity contribution in [3.8, 4) is 0 Å². The van der Waals surface area contributed by atoms with E-state index in [1.807, 2.05) is 0 Å². The second-order valence-corrected chi connectivity index (χ2v) is 4.45. The lowest BCUT2D eigenvalue weighted by Gasteiger charge is -2.28. The molecule has 0 aromatic rings. The molecule has 0 rings (SSSR count). The van der Waals surface area contributed by atoms with Crippen molar-refractivity contribution in [2.24, 2.45) is 5.73 Å². The summed E-state index contributed by atoms with van der Waals surface area (Å²) in [7, 11) is 3.48. The molecule has 0 aliphatic heterocycles. The molecule has 0 aliphatic carbocycles. The maximum Gasteiger partial charge on any atom is 0.0615 e. The van der Waals surface area contributed by atoms with Gasteiger partial charge in [-0.3, -0.25) is 4.90 Å². The zero-order chi connectivity index (χ0) is 12.4. The molecule has 98 valence electrons. The molecule has 0 spiro atoms. The van der Waals surface area contributed by atoms with Gasteiger partial charge in [0, 0.05) is 32.8 Å². The zero-order valence-electron chi connectivity index (χ0n) is 11.2. The minimum Gasteiger partial charge on any atom is -0.383 e. The molecule has 0 aromatic carbocycles. The van der Waals surface area contributed by atoms with Crippen molar-refractivity contribution in [3.63, 3.8) is 0 Å². The predicted molar refractivity (Wildman–Crippen MR) is 67.7 cm³/mol. The van der Waals surface area contributed by atoms with Crippen LogP contribution in [0, 0.1) is 0 Å². The highest BCUT2D eigenvalue weighted by Crippen LogP contribution is 2.04. The number of ether oxygens (including phenoxy) is 2. The van der Waals surface area contributed by atoms with Gasteiger partial charge < -0.3 is 15.2 Å². The molecule has 0 saturated heterocycles. The third-order valence-electron chi connectivity index (χ3n) is 2.72. The van der Waals surface area contributed by atoms with Gasteiger partial charge in [0.25, 0.3) is 0 Å². The highest BCUT2D eigenvalue weighted by atomic mass is 16.5. The third-order valence-corrected chi connectivity index (χ3v) is 2.72. The zero-order valence-corrected chi connectivity index (χ0v) is 11.2. The van der Waals surface area contributed by atoms with Gasteiger partial charge in [0.1, 0.15) is 0 Å². The van der Waals surface area contributed by atoms with E-state index in [0.29, 0.717) is 12.1 Å². The van der Waals surface area contributed by atoms with E-state index in [-0.39, 0.29) is 0 Å². The molecule has 2 N–H and O–H groups in total. The first-order valence-corrected chi connectivity index (χ1v) is 6.09. The monoisotopic (exact) mass is 232 g/mol. The molecule has 0 radical (unpaired) electrons. The van der Waals surface area contributed by atoms with Crippen LogP contribution in [-0.2, 0) is 9.47 Å². The van der Waals surface area contributed by atoms with E-state index in [0.717, 1.165) is 39.1 Å². The largest absolute Gasteiger partial charge is 0.383 e. The van der Waals surface area contributed by atoms with Crippen molar-refractivity contribution in [2.75, 3.05) is 40.5 Å². The van der Waals surface area contributed by atoms with Crippen LogP contribution < -0.4 is 5.73 Å². The molecule has 2 atom stereocenters. The SMILES string of the molecule is COCCN(CCCC(C)N)C(C)COC. The van der Waals surface area contributed by atoms with Gasteiger partial charge in [-0.05, 0) is 33.2 Å². The molecule has 0 aliphatic rings. The van der Waals surface area contributed by atoms with Crippen molar-refractivity contribution in [1.82, 2.24) is 4.90 Å². The quantitative estimate of drug-likeness (QED) is 0.613. The van der Waals surface area contributed by atoms with Gasteiger partial charge in [-0.1, -0.05) is 0 Å². The van der Waals surface area contributed by atoms with Crippen LogP contribution in [0.2, 0.25) is 0 Å². The summed E-state index contributed by atoms with van der Waals surface area (Å²) in [5.41, 5.74) is 5.75. The first-order chi connectivity index (χ1) is 7.61. The van der Waals surface area contributed by atoms with Crippen LogP contribution in [0.3, 0.4) is 0 Å². The fourth-order valence-electron chi connectivity index (χ4n) is 1.72. The fourth-order valence-corrected chi connectivity index (χ4v) is 1.72. The van der Waals surface area contributed by atoms with Crippen molar-refractivity contribution < 1.29 is 9.47 Å². The number of rotatable bonds is 10. The van der Waals surface area contributed by atoms with Crippen molar-refractivity contribution in [1.29, 1.82) is 0 Å². The smallest absolute Gasteiger partial charge is 0.0615 e. The maximum atomic E-state index is 5.75. The van der Waals surface area contributed by atoms with Crippen LogP contribution in [0.4, 0.5) is 0 Å². The molecule has 4 heteroatoms. The van der Waals surface area contributed by atoms with Gasteiger partial charge in [0.05, 0.1) is 13.2 Å². The van der Waals surface area contributed by atoms with Gasteiger partial charge in [-0.25, -0.2) is 0 Å². The molecule has 2 unspecified atom stereocenters. The lowest BCUT2D eigenvalue weighted by molar-refractivity contribution is 0.0738. The van der Waals surface area contributed by atoms with E-state index >= 15 is 0 Å². The number of nitrogens with two attached hydrogens (primary N) is 1. The van der Waals surface area contributed by atoms with Crippen LogP contribution in [0.15, 0.2) is 0 Å². The number of nitrogens with zero attached hydrogens (tertiary/aromatic N) is 1. The fraction of sp³-hybridized carbons (Fsp3) is 1.00. The Balaban J connectivity index is 3.88. The molecular formula is C12H28N2O2. The summed E-state index contributed by atoms with van der Waals surface area (Å²) in [6.07, 6.45) is 2.21. The summed E-state index contributed by atoms with van der Waals surface area (Å²) < 4.78 is 10.3. The number of methoxy groups -OCH3 is 2. The van der Waals surface area contributed by atoms with E-state index in [2.05, 4.69) is 18.7 Å². The average Bonchev–Trinajstić information content (AvgIpc) is 2.22. The van der Waals surface area contributed by atoms with Gasteiger partial charge in [-0.2, -0.15) is 0 Å². The Morgan fingerprint density at radius 2 is 1.81 bits per heavy atom. The molecule has 0 bridgehead atoms. The van der Waals surface area contributed by atoms with Crippen molar-refractivity contribution in [2.45, 2.75) is 38.8 Å². The second-order valence-electron chi connectivity index (χ2n) is 4.45. The van der Waals surface area contributed by atoms with Crippen LogP contribution in [0.25, 0.3) is 0 Å². The normalized spacial score (nSPS) is 15.4. The molecule has 0 fully saturated rings. The minimum absolute atomic E-state index is 0.294. The van der Waals surface area contributed by atoms with Gasteiger partial charge in [0.15, 0.2) is 0 Å². The van der Waals surface area contributed by atoms with E-state index in [1.165, 1.54) is 0 Å². The van der Waals surface area contributed by atoms with Crippen molar-refractivity contribution in [3.05, 3.63) is 0 Å². The Hall–Kier alpha value is -0.160. The Labute approximate surface area is 100 Å².